The Kier molecular flexibility index (Phi) is 7.32. The Morgan fingerprint density at radius 1 is 1.00 bits per heavy atom. The number of esters is 1. The Balaban J connectivity index is 1.52. The second-order valence-corrected chi connectivity index (χ2v) is 7.97. The zero-order valence-corrected chi connectivity index (χ0v) is 18.8. The van der Waals surface area contributed by atoms with Crippen molar-refractivity contribution < 1.29 is 28.7 Å². The highest BCUT2D eigenvalue weighted by Gasteiger charge is 2.47. The van der Waals surface area contributed by atoms with Crippen LogP contribution >= 0.6 is 0 Å². The summed E-state index contributed by atoms with van der Waals surface area (Å²) in [7, 11) is 2.89. The predicted octanol–water partition coefficient (Wildman–Crippen LogP) is 2.04. The van der Waals surface area contributed by atoms with E-state index in [2.05, 4.69) is 15.4 Å². The number of nitrogens with one attached hydrogen (secondary N) is 2. The van der Waals surface area contributed by atoms with Crippen LogP contribution in [-0.4, -0.2) is 55.0 Å². The molecule has 0 saturated carbocycles. The lowest BCUT2D eigenvalue weighted by Gasteiger charge is -2.21. The Morgan fingerprint density at radius 3 is 2.24 bits per heavy atom. The van der Waals surface area contributed by atoms with E-state index in [4.69, 9.17) is 4.74 Å². The van der Waals surface area contributed by atoms with Gasteiger partial charge in [-0.2, -0.15) is 0 Å². The molecule has 33 heavy (non-hydrogen) atoms. The SMILES string of the molecule is COC(=O)c1ccc(CNC(=O)CN2C(=O)NC(C)(CCc3ccc(OC)cc3)C2=O)cc1. The molecule has 0 aromatic heterocycles. The first-order valence-electron chi connectivity index (χ1n) is 10.5. The number of hydrogen-bond acceptors (Lipinski definition) is 6. The van der Waals surface area contributed by atoms with Crippen molar-refractivity contribution in [3.63, 3.8) is 0 Å². The highest BCUT2D eigenvalue weighted by molar-refractivity contribution is 6.08. The van der Waals surface area contributed by atoms with Gasteiger partial charge in [0.05, 0.1) is 19.8 Å². The zero-order chi connectivity index (χ0) is 24.0. The fraction of sp³-hybridized carbons (Fsp3) is 0.333. The summed E-state index contributed by atoms with van der Waals surface area (Å²) in [6, 6.07) is 13.5. The molecule has 9 heteroatoms. The molecule has 1 saturated heterocycles. The van der Waals surface area contributed by atoms with E-state index in [9.17, 15) is 19.2 Å². The lowest BCUT2D eigenvalue weighted by atomic mass is 9.93. The minimum atomic E-state index is -1.08. The van der Waals surface area contributed by atoms with Crippen LogP contribution in [0.5, 0.6) is 5.75 Å². The van der Waals surface area contributed by atoms with Crippen LogP contribution in [0.1, 0.15) is 34.8 Å². The maximum Gasteiger partial charge on any atom is 0.337 e. The number of carbonyl (C=O) groups excluding carboxylic acids is 4. The maximum atomic E-state index is 12.9. The molecule has 9 nitrogen and oxygen atoms in total. The largest absolute Gasteiger partial charge is 0.497 e. The molecule has 0 aliphatic carbocycles. The summed E-state index contributed by atoms with van der Waals surface area (Å²) < 4.78 is 9.79. The summed E-state index contributed by atoms with van der Waals surface area (Å²) >= 11 is 0. The van der Waals surface area contributed by atoms with Crippen LogP contribution in [-0.2, 0) is 27.3 Å². The van der Waals surface area contributed by atoms with Gasteiger partial charge in [0.15, 0.2) is 0 Å². The number of urea groups is 1. The number of hydrogen-bond donors (Lipinski definition) is 2. The lowest BCUT2D eigenvalue weighted by Crippen LogP contribution is -2.45. The number of carbonyl (C=O) groups is 4. The quantitative estimate of drug-likeness (QED) is 0.444. The summed E-state index contributed by atoms with van der Waals surface area (Å²) in [6.07, 6.45) is 0.975. The average molecular weight is 453 g/mol. The minimum absolute atomic E-state index is 0.193. The van der Waals surface area contributed by atoms with Gasteiger partial charge in [0.2, 0.25) is 5.91 Å². The third kappa shape index (κ3) is 5.68. The molecular weight excluding hydrogens is 426 g/mol. The molecule has 0 spiro atoms. The first-order chi connectivity index (χ1) is 15.8. The van der Waals surface area contributed by atoms with E-state index in [1.165, 1.54) is 7.11 Å². The van der Waals surface area contributed by atoms with Gasteiger partial charge in [-0.15, -0.1) is 0 Å². The zero-order valence-electron chi connectivity index (χ0n) is 18.8. The third-order valence-electron chi connectivity index (χ3n) is 5.58. The monoisotopic (exact) mass is 453 g/mol. The second-order valence-electron chi connectivity index (χ2n) is 7.97. The van der Waals surface area contributed by atoms with Crippen LogP contribution in [0.25, 0.3) is 0 Å². The Hall–Kier alpha value is -3.88. The molecule has 174 valence electrons. The van der Waals surface area contributed by atoms with Gasteiger partial charge in [0.25, 0.3) is 5.91 Å². The normalized spacial score (nSPS) is 17.5. The third-order valence-corrected chi connectivity index (χ3v) is 5.58. The molecule has 2 aromatic carbocycles. The summed E-state index contributed by atoms with van der Waals surface area (Å²) in [6.45, 7) is 1.49. The van der Waals surface area contributed by atoms with E-state index in [0.717, 1.165) is 21.8 Å². The highest BCUT2D eigenvalue weighted by Crippen LogP contribution is 2.24. The number of rotatable bonds is 9. The predicted molar refractivity (Wildman–Crippen MR) is 120 cm³/mol. The summed E-state index contributed by atoms with van der Waals surface area (Å²) in [4.78, 5) is 50.1. The number of imide groups is 1. The minimum Gasteiger partial charge on any atom is -0.497 e. The number of methoxy groups -OCH3 is 2. The number of amides is 4. The van der Waals surface area contributed by atoms with Gasteiger partial charge in [-0.25, -0.2) is 9.59 Å². The van der Waals surface area contributed by atoms with E-state index in [0.29, 0.717) is 18.4 Å². The van der Waals surface area contributed by atoms with Crippen LogP contribution in [0.15, 0.2) is 48.5 Å². The van der Waals surface area contributed by atoms with Gasteiger partial charge < -0.3 is 20.1 Å². The number of ether oxygens (including phenoxy) is 2. The van der Waals surface area contributed by atoms with Gasteiger partial charge in [-0.05, 0) is 55.2 Å². The molecule has 1 heterocycles. The Morgan fingerprint density at radius 2 is 1.64 bits per heavy atom. The van der Waals surface area contributed by atoms with Gasteiger partial charge in [-0.1, -0.05) is 24.3 Å². The molecule has 2 aromatic rings. The van der Waals surface area contributed by atoms with Crippen molar-refractivity contribution in [2.24, 2.45) is 0 Å². The fourth-order valence-electron chi connectivity index (χ4n) is 3.52. The van der Waals surface area contributed by atoms with Crippen molar-refractivity contribution in [1.29, 1.82) is 0 Å². The number of benzene rings is 2. The van der Waals surface area contributed by atoms with Crippen LogP contribution < -0.4 is 15.4 Å². The number of aryl methyl sites for hydroxylation is 1. The van der Waals surface area contributed by atoms with Crippen molar-refractivity contribution >= 4 is 23.8 Å². The first-order valence-corrected chi connectivity index (χ1v) is 10.5. The molecule has 3 rings (SSSR count). The Labute approximate surface area is 192 Å². The molecule has 1 atom stereocenters. The number of nitrogens with zero attached hydrogens (tertiary/aromatic N) is 1. The molecule has 1 unspecified atom stereocenters. The molecule has 2 N–H and O–H groups in total. The van der Waals surface area contributed by atoms with Crippen LogP contribution in [0, 0.1) is 0 Å². The molecule has 1 fully saturated rings. The van der Waals surface area contributed by atoms with E-state index in [1.54, 1.807) is 38.3 Å². The van der Waals surface area contributed by atoms with Crippen molar-refractivity contribution in [3.05, 3.63) is 65.2 Å². The van der Waals surface area contributed by atoms with Gasteiger partial charge in [0.1, 0.15) is 17.8 Å². The lowest BCUT2D eigenvalue weighted by molar-refractivity contribution is -0.134. The Bertz CT molecular complexity index is 1040. The highest BCUT2D eigenvalue weighted by atomic mass is 16.5. The molecule has 1 aliphatic heterocycles. The van der Waals surface area contributed by atoms with E-state index >= 15 is 0 Å². The summed E-state index contributed by atoms with van der Waals surface area (Å²) in [5.41, 5.74) is 1.09. The van der Waals surface area contributed by atoms with Gasteiger partial charge in [0, 0.05) is 6.54 Å². The van der Waals surface area contributed by atoms with E-state index < -0.39 is 29.4 Å². The second kappa shape index (κ2) is 10.2. The van der Waals surface area contributed by atoms with Gasteiger partial charge >= 0.3 is 12.0 Å². The van der Waals surface area contributed by atoms with Crippen molar-refractivity contribution in [2.45, 2.75) is 31.8 Å². The van der Waals surface area contributed by atoms with Crippen molar-refractivity contribution in [2.75, 3.05) is 20.8 Å². The van der Waals surface area contributed by atoms with E-state index in [1.807, 2.05) is 24.3 Å². The van der Waals surface area contributed by atoms with Crippen molar-refractivity contribution in [3.8, 4) is 5.75 Å². The van der Waals surface area contributed by atoms with Crippen LogP contribution in [0.3, 0.4) is 0 Å². The maximum absolute atomic E-state index is 12.9. The summed E-state index contributed by atoms with van der Waals surface area (Å²) in [5.74, 6) is -0.598. The summed E-state index contributed by atoms with van der Waals surface area (Å²) in [5, 5.41) is 5.40. The topological polar surface area (TPSA) is 114 Å². The fourth-order valence-corrected chi connectivity index (χ4v) is 3.52. The molecule has 0 bridgehead atoms. The smallest absolute Gasteiger partial charge is 0.337 e. The molecular formula is C24H27N3O6. The van der Waals surface area contributed by atoms with Crippen LogP contribution in [0.4, 0.5) is 4.79 Å². The molecule has 0 radical (unpaired) electrons. The first kappa shape index (κ1) is 23.8. The average Bonchev–Trinajstić information content (AvgIpc) is 3.04. The van der Waals surface area contributed by atoms with Crippen LogP contribution in [0.2, 0.25) is 0 Å². The molecule has 1 aliphatic rings. The van der Waals surface area contributed by atoms with Crippen molar-refractivity contribution in [1.82, 2.24) is 15.5 Å². The van der Waals surface area contributed by atoms with E-state index in [-0.39, 0.29) is 13.1 Å². The molecule has 4 amide bonds. The standard InChI is InChI=1S/C24H27N3O6/c1-24(13-12-16-6-10-19(32-2)11-7-16)22(30)27(23(31)26-24)15-20(28)25-14-17-4-8-18(9-5-17)21(29)33-3/h4-11H,12-15H2,1-3H3,(H,25,28)(H,26,31). The van der Waals surface area contributed by atoms with Gasteiger partial charge in [-0.3, -0.25) is 14.5 Å².